The van der Waals surface area contributed by atoms with E-state index in [1.165, 1.54) is 0 Å². The van der Waals surface area contributed by atoms with Crippen LogP contribution in [0.5, 0.6) is 0 Å². The Kier molecular flexibility index (Phi) is 3.07. The fourth-order valence-corrected chi connectivity index (χ4v) is 2.99. The predicted octanol–water partition coefficient (Wildman–Crippen LogP) is 0.660. The number of fused-ring (bicyclic) bond motifs is 3. The quantitative estimate of drug-likeness (QED) is 0.545. The van der Waals surface area contributed by atoms with Crippen LogP contribution in [0.15, 0.2) is 0 Å². The summed E-state index contributed by atoms with van der Waals surface area (Å²) in [5, 5.41) is 10.8. The molecule has 20 heavy (non-hydrogen) atoms. The molecule has 114 valence electrons. The van der Waals surface area contributed by atoms with Crippen LogP contribution in [0.3, 0.4) is 0 Å². The van der Waals surface area contributed by atoms with Crippen LogP contribution in [-0.4, -0.2) is 53.7 Å². The van der Waals surface area contributed by atoms with Crippen molar-refractivity contribution >= 4 is 0 Å². The van der Waals surface area contributed by atoms with Gasteiger partial charge in [0.1, 0.15) is 18.3 Å². The fraction of sp³-hybridized carbons (Fsp3) is 1.00. The van der Waals surface area contributed by atoms with E-state index in [-0.39, 0.29) is 6.54 Å². The molecule has 0 radical (unpaired) electrons. The second-order valence-corrected chi connectivity index (χ2v) is 6.22. The van der Waals surface area contributed by atoms with Gasteiger partial charge in [-0.3, -0.25) is 10.1 Å². The van der Waals surface area contributed by atoms with Gasteiger partial charge in [0.25, 0.3) is 0 Å². The molecule has 0 amide bonds. The Morgan fingerprint density at radius 2 is 1.50 bits per heavy atom. The summed E-state index contributed by atoms with van der Waals surface area (Å²) < 4.78 is 28.7. The van der Waals surface area contributed by atoms with Crippen LogP contribution >= 0.6 is 0 Å². The molecule has 8 heteroatoms. The first-order valence-corrected chi connectivity index (χ1v) is 6.65. The van der Waals surface area contributed by atoms with E-state index in [0.717, 1.165) is 0 Å². The summed E-state index contributed by atoms with van der Waals surface area (Å²) >= 11 is 0. The van der Waals surface area contributed by atoms with Gasteiger partial charge in [0, 0.05) is 4.92 Å². The first kappa shape index (κ1) is 14.2. The van der Waals surface area contributed by atoms with Gasteiger partial charge in [0.05, 0.1) is 0 Å². The van der Waals surface area contributed by atoms with Crippen LogP contribution < -0.4 is 0 Å². The molecule has 3 heterocycles. The summed E-state index contributed by atoms with van der Waals surface area (Å²) in [4.78, 5) is 10.4. The second kappa shape index (κ2) is 4.35. The molecule has 0 unspecified atom stereocenters. The number of rotatable bonds is 2. The Morgan fingerprint density at radius 3 is 2.15 bits per heavy atom. The largest absolute Gasteiger partial charge is 0.342 e. The average molecular weight is 289 g/mol. The zero-order valence-electron chi connectivity index (χ0n) is 11.9. The maximum atomic E-state index is 10.8. The maximum Gasteiger partial charge on any atom is 0.232 e. The van der Waals surface area contributed by atoms with Crippen molar-refractivity contribution in [2.24, 2.45) is 0 Å². The third kappa shape index (κ3) is 2.42. The Labute approximate surface area is 116 Å². The maximum absolute atomic E-state index is 10.8. The number of hydrogen-bond acceptors (Lipinski definition) is 7. The van der Waals surface area contributed by atoms with Crippen molar-refractivity contribution in [1.29, 1.82) is 0 Å². The van der Waals surface area contributed by atoms with Gasteiger partial charge in [0.15, 0.2) is 24.0 Å². The van der Waals surface area contributed by atoms with Crippen LogP contribution in [-0.2, 0) is 23.7 Å². The average Bonchev–Trinajstić information content (AvgIpc) is 2.73. The molecule has 3 fully saturated rings. The zero-order chi connectivity index (χ0) is 14.7. The normalized spacial score (nSPS) is 44.9. The highest BCUT2D eigenvalue weighted by Crippen LogP contribution is 2.43. The monoisotopic (exact) mass is 289 g/mol. The van der Waals surface area contributed by atoms with Gasteiger partial charge in [-0.25, -0.2) is 0 Å². The molecule has 3 saturated heterocycles. The molecule has 0 aromatic carbocycles. The van der Waals surface area contributed by atoms with Crippen LogP contribution in [0.1, 0.15) is 27.7 Å². The van der Waals surface area contributed by atoms with Crippen LogP contribution in [0.25, 0.3) is 0 Å². The summed E-state index contributed by atoms with van der Waals surface area (Å²) in [6.07, 6.45) is -2.80. The number of nitrogens with zero attached hydrogens (tertiary/aromatic N) is 1. The van der Waals surface area contributed by atoms with Gasteiger partial charge >= 0.3 is 0 Å². The highest BCUT2D eigenvalue weighted by molar-refractivity contribution is 4.99. The molecule has 3 aliphatic rings. The molecule has 0 saturated carbocycles. The summed E-state index contributed by atoms with van der Waals surface area (Å²) in [7, 11) is 0. The summed E-state index contributed by atoms with van der Waals surface area (Å²) in [6, 6.07) is 0. The number of nitro groups is 1. The molecule has 3 rings (SSSR count). The van der Waals surface area contributed by atoms with Gasteiger partial charge in [-0.15, -0.1) is 0 Å². The standard InChI is InChI=1S/C12H19NO7/c1-11(2)17-7-6(5-13(14)15)16-10-9(8(7)18-11)19-12(3,4)20-10/h6-10H,5H2,1-4H3/t6-,7+,8-,9-,10+/m1/s1. The van der Waals surface area contributed by atoms with E-state index < -0.39 is 47.2 Å². The van der Waals surface area contributed by atoms with Crippen LogP contribution in [0.4, 0.5) is 0 Å². The van der Waals surface area contributed by atoms with Crippen LogP contribution in [0.2, 0.25) is 0 Å². The Morgan fingerprint density at radius 1 is 0.950 bits per heavy atom. The first-order valence-electron chi connectivity index (χ1n) is 6.65. The molecule has 0 bridgehead atoms. The van der Waals surface area contributed by atoms with E-state index in [9.17, 15) is 10.1 Å². The van der Waals surface area contributed by atoms with Gasteiger partial charge in [-0.1, -0.05) is 0 Å². The molecule has 0 aromatic heterocycles. The molecule has 0 aliphatic carbocycles. The molecule has 5 atom stereocenters. The molecule has 0 aromatic rings. The fourth-order valence-electron chi connectivity index (χ4n) is 2.99. The van der Waals surface area contributed by atoms with E-state index in [0.29, 0.717) is 0 Å². The van der Waals surface area contributed by atoms with Crippen molar-refractivity contribution in [1.82, 2.24) is 0 Å². The second-order valence-electron chi connectivity index (χ2n) is 6.22. The smallest absolute Gasteiger partial charge is 0.232 e. The Balaban J connectivity index is 1.86. The molecule has 3 aliphatic heterocycles. The third-order valence-corrected chi connectivity index (χ3v) is 3.58. The lowest BCUT2D eigenvalue weighted by Crippen LogP contribution is -2.56. The lowest BCUT2D eigenvalue weighted by molar-refractivity contribution is -0.499. The van der Waals surface area contributed by atoms with E-state index >= 15 is 0 Å². The SMILES string of the molecule is CC1(C)O[C@@H]2[C@@H](O1)[C@@H](C[N+](=O)[O-])O[C@H]1OC(C)(C)O[C@@H]12. The van der Waals surface area contributed by atoms with Crippen molar-refractivity contribution in [3.8, 4) is 0 Å². The Hall–Kier alpha value is -0.800. The highest BCUT2D eigenvalue weighted by atomic mass is 16.9. The minimum Gasteiger partial charge on any atom is -0.342 e. The van der Waals surface area contributed by atoms with Gasteiger partial charge in [-0.2, -0.15) is 0 Å². The van der Waals surface area contributed by atoms with Crippen LogP contribution in [0, 0.1) is 10.1 Å². The zero-order valence-corrected chi connectivity index (χ0v) is 11.9. The number of hydrogen-bond donors (Lipinski definition) is 0. The van der Waals surface area contributed by atoms with E-state index in [4.69, 9.17) is 23.7 Å². The summed E-state index contributed by atoms with van der Waals surface area (Å²) in [5.41, 5.74) is 0. The molecule has 0 spiro atoms. The molecular weight excluding hydrogens is 270 g/mol. The van der Waals surface area contributed by atoms with Gasteiger partial charge < -0.3 is 23.7 Å². The summed E-state index contributed by atoms with van der Waals surface area (Å²) in [5.74, 6) is -1.63. The lowest BCUT2D eigenvalue weighted by atomic mass is 9.99. The topological polar surface area (TPSA) is 89.3 Å². The predicted molar refractivity (Wildman–Crippen MR) is 64.4 cm³/mol. The molecule has 8 nitrogen and oxygen atoms in total. The van der Waals surface area contributed by atoms with Crippen molar-refractivity contribution in [2.75, 3.05) is 6.54 Å². The van der Waals surface area contributed by atoms with Gasteiger partial charge in [-0.05, 0) is 27.7 Å². The third-order valence-electron chi connectivity index (χ3n) is 3.58. The van der Waals surface area contributed by atoms with E-state index in [2.05, 4.69) is 0 Å². The van der Waals surface area contributed by atoms with Crippen molar-refractivity contribution in [3.05, 3.63) is 10.1 Å². The first-order chi connectivity index (χ1) is 9.17. The highest BCUT2D eigenvalue weighted by Gasteiger charge is 2.61. The van der Waals surface area contributed by atoms with Crippen molar-refractivity contribution < 1.29 is 28.6 Å². The van der Waals surface area contributed by atoms with Crippen molar-refractivity contribution in [3.63, 3.8) is 0 Å². The summed E-state index contributed by atoms with van der Waals surface area (Å²) in [6.45, 7) is 6.73. The van der Waals surface area contributed by atoms with E-state index in [1.807, 2.05) is 0 Å². The molecular formula is C12H19NO7. The minimum atomic E-state index is -0.821. The van der Waals surface area contributed by atoms with Crippen molar-refractivity contribution in [2.45, 2.75) is 70.0 Å². The lowest BCUT2D eigenvalue weighted by Gasteiger charge is -2.35. The van der Waals surface area contributed by atoms with E-state index in [1.54, 1.807) is 27.7 Å². The Bertz CT molecular complexity index is 424. The molecule has 0 N–H and O–H groups in total. The minimum absolute atomic E-state index is 0.354. The number of ether oxygens (including phenoxy) is 5. The van der Waals surface area contributed by atoms with Gasteiger partial charge in [0.2, 0.25) is 6.54 Å².